The summed E-state index contributed by atoms with van der Waals surface area (Å²) in [7, 11) is -3.67. The van der Waals surface area contributed by atoms with Gasteiger partial charge in [-0.15, -0.1) is 11.3 Å². The van der Waals surface area contributed by atoms with Crippen LogP contribution in [0.15, 0.2) is 46.9 Å². The number of benzene rings is 1. The van der Waals surface area contributed by atoms with Crippen LogP contribution in [0, 0.1) is 0 Å². The van der Waals surface area contributed by atoms with Gasteiger partial charge in [-0.05, 0) is 29.7 Å². The maximum absolute atomic E-state index is 12.5. The van der Waals surface area contributed by atoms with E-state index in [1.54, 1.807) is 29.9 Å². The molecule has 0 saturated carbocycles. The van der Waals surface area contributed by atoms with Gasteiger partial charge in [0, 0.05) is 36.2 Å². The van der Waals surface area contributed by atoms with Crippen LogP contribution in [0.1, 0.15) is 0 Å². The highest BCUT2D eigenvalue weighted by Crippen LogP contribution is 2.28. The molecule has 9 heteroatoms. The molecule has 0 radical (unpaired) electrons. The number of anilines is 2. The zero-order valence-corrected chi connectivity index (χ0v) is 14.9. The van der Waals surface area contributed by atoms with Crippen molar-refractivity contribution in [1.29, 1.82) is 0 Å². The molecule has 1 aliphatic heterocycles. The molecule has 0 unspecified atom stereocenters. The maximum atomic E-state index is 12.5. The van der Waals surface area contributed by atoms with Crippen molar-refractivity contribution < 1.29 is 13.2 Å². The molecule has 7 nitrogen and oxygen atoms in total. The van der Waals surface area contributed by atoms with Crippen molar-refractivity contribution in [3.05, 3.63) is 42.0 Å². The van der Waals surface area contributed by atoms with Gasteiger partial charge < -0.3 is 9.64 Å². The lowest BCUT2D eigenvalue weighted by Crippen LogP contribution is -2.36. The highest BCUT2D eigenvalue weighted by molar-refractivity contribution is 7.93. The summed E-state index contributed by atoms with van der Waals surface area (Å²) in [5.41, 5.74) is 0. The summed E-state index contributed by atoms with van der Waals surface area (Å²) in [5.74, 6) is 0.859. The minimum absolute atomic E-state index is 0.203. The number of rotatable bonds is 4. The third kappa shape index (κ3) is 3.30. The monoisotopic (exact) mass is 376 g/mol. The summed E-state index contributed by atoms with van der Waals surface area (Å²) < 4.78 is 33.0. The van der Waals surface area contributed by atoms with Crippen LogP contribution in [0.5, 0.6) is 0 Å². The zero-order valence-electron chi connectivity index (χ0n) is 13.3. The highest BCUT2D eigenvalue weighted by Gasteiger charge is 2.19. The maximum Gasteiger partial charge on any atom is 0.263 e. The van der Waals surface area contributed by atoms with Gasteiger partial charge in [-0.25, -0.2) is 18.4 Å². The summed E-state index contributed by atoms with van der Waals surface area (Å²) in [5, 5.41) is 3.83. The Morgan fingerprint density at radius 1 is 1.12 bits per heavy atom. The van der Waals surface area contributed by atoms with E-state index < -0.39 is 10.0 Å². The zero-order chi connectivity index (χ0) is 17.3. The summed E-state index contributed by atoms with van der Waals surface area (Å²) in [6.45, 7) is 2.89. The quantitative estimate of drug-likeness (QED) is 0.752. The molecule has 0 aliphatic carbocycles. The van der Waals surface area contributed by atoms with Gasteiger partial charge in [0.2, 0.25) is 0 Å². The molecule has 3 aromatic rings. The van der Waals surface area contributed by atoms with Crippen molar-refractivity contribution >= 4 is 43.1 Å². The fraction of sp³-hybridized carbons (Fsp3) is 0.250. The molecule has 0 atom stereocenters. The Labute approximate surface area is 149 Å². The lowest BCUT2D eigenvalue weighted by atomic mass is 10.1. The first-order valence-corrected chi connectivity index (χ1v) is 10.1. The molecule has 0 bridgehead atoms. The lowest BCUT2D eigenvalue weighted by molar-refractivity contribution is 0.122. The number of nitrogens with one attached hydrogen (secondary N) is 1. The number of sulfonamides is 1. The molecule has 0 spiro atoms. The number of thiazole rings is 1. The molecular weight excluding hydrogens is 360 g/mol. The smallest absolute Gasteiger partial charge is 0.263 e. The van der Waals surface area contributed by atoms with Crippen molar-refractivity contribution in [2.75, 3.05) is 35.9 Å². The fourth-order valence-corrected chi connectivity index (χ4v) is 4.61. The molecule has 1 N–H and O–H groups in total. The van der Waals surface area contributed by atoms with Crippen molar-refractivity contribution in [2.24, 2.45) is 0 Å². The number of ether oxygens (including phenoxy) is 1. The molecular formula is C16H16N4O3S2. The van der Waals surface area contributed by atoms with Crippen molar-refractivity contribution in [1.82, 2.24) is 9.97 Å². The second-order valence-corrected chi connectivity index (χ2v) is 8.14. The van der Waals surface area contributed by atoms with E-state index in [1.165, 1.54) is 11.3 Å². The number of morpholine rings is 1. The van der Waals surface area contributed by atoms with Gasteiger partial charge in [0.1, 0.15) is 5.82 Å². The Morgan fingerprint density at radius 3 is 2.72 bits per heavy atom. The lowest BCUT2D eigenvalue weighted by Gasteiger charge is -2.28. The summed E-state index contributed by atoms with van der Waals surface area (Å²) in [6.07, 6.45) is 3.26. The van der Waals surface area contributed by atoms with Gasteiger partial charge >= 0.3 is 0 Å². The SMILES string of the molecule is O=S(=O)(Nc1nccs1)c1ccc2c(N3CCOCC3)nccc2c1. The van der Waals surface area contributed by atoms with Gasteiger partial charge in [-0.1, -0.05) is 0 Å². The van der Waals surface area contributed by atoms with Crippen LogP contribution < -0.4 is 9.62 Å². The first kappa shape index (κ1) is 16.2. The average Bonchev–Trinajstić information content (AvgIpc) is 3.14. The largest absolute Gasteiger partial charge is 0.378 e. The topological polar surface area (TPSA) is 84.4 Å². The van der Waals surface area contributed by atoms with Gasteiger partial charge in [0.25, 0.3) is 10.0 Å². The predicted molar refractivity (Wildman–Crippen MR) is 97.7 cm³/mol. The van der Waals surface area contributed by atoms with Crippen LogP contribution in [0.2, 0.25) is 0 Å². The van der Waals surface area contributed by atoms with Crippen LogP contribution >= 0.6 is 11.3 Å². The van der Waals surface area contributed by atoms with Gasteiger partial charge in [0.15, 0.2) is 5.13 Å². The molecule has 4 rings (SSSR count). The van der Waals surface area contributed by atoms with E-state index in [9.17, 15) is 8.42 Å². The molecule has 1 aromatic carbocycles. The van der Waals surface area contributed by atoms with Crippen molar-refractivity contribution in [2.45, 2.75) is 4.90 Å². The van der Waals surface area contributed by atoms with Gasteiger partial charge in [-0.2, -0.15) is 0 Å². The molecule has 1 aliphatic rings. The van der Waals surface area contributed by atoms with E-state index in [-0.39, 0.29) is 4.90 Å². The summed E-state index contributed by atoms with van der Waals surface area (Å²) in [4.78, 5) is 10.8. The second-order valence-electron chi connectivity index (χ2n) is 5.56. The molecule has 130 valence electrons. The van der Waals surface area contributed by atoms with E-state index in [2.05, 4.69) is 19.6 Å². The molecule has 1 fully saturated rings. The minimum Gasteiger partial charge on any atom is -0.378 e. The Hall–Kier alpha value is -2.23. The number of hydrogen-bond acceptors (Lipinski definition) is 7. The molecule has 25 heavy (non-hydrogen) atoms. The van der Waals surface area contributed by atoms with E-state index in [4.69, 9.17) is 4.74 Å². The first-order valence-electron chi connectivity index (χ1n) is 7.77. The van der Waals surface area contributed by atoms with E-state index >= 15 is 0 Å². The van der Waals surface area contributed by atoms with E-state index in [0.29, 0.717) is 18.3 Å². The van der Waals surface area contributed by atoms with Crippen LogP contribution in [-0.2, 0) is 14.8 Å². The molecule has 2 aromatic heterocycles. The predicted octanol–water partition coefficient (Wildman–Crippen LogP) is 2.33. The Balaban J connectivity index is 1.71. The van der Waals surface area contributed by atoms with Gasteiger partial charge in [0.05, 0.1) is 18.1 Å². The van der Waals surface area contributed by atoms with Crippen LogP contribution in [0.4, 0.5) is 10.9 Å². The highest BCUT2D eigenvalue weighted by atomic mass is 32.2. The van der Waals surface area contributed by atoms with Crippen molar-refractivity contribution in [3.8, 4) is 0 Å². The number of pyridine rings is 1. The van der Waals surface area contributed by atoms with Crippen LogP contribution in [0.3, 0.4) is 0 Å². The Bertz CT molecular complexity index is 984. The molecule has 1 saturated heterocycles. The second kappa shape index (κ2) is 6.58. The van der Waals surface area contributed by atoms with Crippen molar-refractivity contribution in [3.63, 3.8) is 0 Å². The van der Waals surface area contributed by atoms with E-state index in [1.807, 2.05) is 12.1 Å². The number of aromatic nitrogens is 2. The summed E-state index contributed by atoms with van der Waals surface area (Å²) >= 11 is 1.24. The van der Waals surface area contributed by atoms with Crippen LogP contribution in [-0.4, -0.2) is 44.7 Å². The minimum atomic E-state index is -3.67. The molecule has 3 heterocycles. The Morgan fingerprint density at radius 2 is 1.96 bits per heavy atom. The normalized spacial score (nSPS) is 15.4. The summed E-state index contributed by atoms with van der Waals surface area (Å²) in [6, 6.07) is 6.89. The Kier molecular flexibility index (Phi) is 4.28. The average molecular weight is 376 g/mol. The third-order valence-electron chi connectivity index (χ3n) is 3.99. The van der Waals surface area contributed by atoms with Crippen LogP contribution in [0.25, 0.3) is 10.8 Å². The number of fused-ring (bicyclic) bond motifs is 1. The van der Waals surface area contributed by atoms with Gasteiger partial charge in [-0.3, -0.25) is 4.72 Å². The number of nitrogens with zero attached hydrogens (tertiary/aromatic N) is 3. The number of hydrogen-bond donors (Lipinski definition) is 1. The third-order valence-corrected chi connectivity index (χ3v) is 6.14. The first-order chi connectivity index (χ1) is 12.1. The fourth-order valence-electron chi connectivity index (χ4n) is 2.78. The standard InChI is InChI=1S/C16H16N4O3S2/c21-25(22,19-16-18-5-10-24-16)13-1-2-14-12(11-13)3-4-17-15(14)20-6-8-23-9-7-20/h1-5,10-11H,6-9H2,(H,18,19). The van der Waals surface area contributed by atoms with E-state index in [0.717, 1.165) is 29.7 Å². The molecule has 0 amide bonds.